The number of hydrogen-bond donors (Lipinski definition) is 2. The van der Waals surface area contributed by atoms with E-state index in [4.69, 9.17) is 0 Å². The molecule has 0 bridgehead atoms. The van der Waals surface area contributed by atoms with E-state index in [0.29, 0.717) is 0 Å². The fourth-order valence-electron chi connectivity index (χ4n) is 2.67. The second-order valence-corrected chi connectivity index (χ2v) is 5.24. The van der Waals surface area contributed by atoms with Gasteiger partial charge in [0, 0.05) is 32.4 Å². The number of nitrogens with zero attached hydrogens (tertiary/aromatic N) is 5. The maximum absolute atomic E-state index is 4.66. The third-order valence-electron chi connectivity index (χ3n) is 3.84. The van der Waals surface area contributed by atoms with Crippen LogP contribution in [-0.4, -0.2) is 51.1 Å². The topological polar surface area (TPSA) is 74.7 Å². The molecule has 2 aromatic heterocycles. The number of hydrogen-bond acceptors (Lipinski definition) is 5. The Labute approximate surface area is 118 Å². The summed E-state index contributed by atoms with van der Waals surface area (Å²) in [4.78, 5) is 6.88. The second kappa shape index (κ2) is 5.24. The average molecular weight is 275 g/mol. The van der Waals surface area contributed by atoms with Crippen molar-refractivity contribution in [2.75, 3.05) is 31.1 Å². The third kappa shape index (κ3) is 2.29. The van der Waals surface area contributed by atoms with Crippen LogP contribution < -0.4 is 10.2 Å². The fourth-order valence-corrected chi connectivity index (χ4v) is 2.67. The molecule has 2 N–H and O–H groups in total. The molecule has 0 saturated carbocycles. The van der Waals surface area contributed by atoms with Crippen molar-refractivity contribution in [3.63, 3.8) is 0 Å². The molecule has 0 atom stereocenters. The smallest absolute Gasteiger partial charge is 0.245 e. The lowest BCUT2D eigenvalue weighted by atomic mass is 10.2. The van der Waals surface area contributed by atoms with Crippen LogP contribution in [0.15, 0.2) is 0 Å². The molecule has 7 heteroatoms. The number of aryl methyl sites for hydroxylation is 2. The molecule has 0 radical (unpaired) electrons. The Hall–Kier alpha value is -1.89. The van der Waals surface area contributed by atoms with Gasteiger partial charge in [-0.1, -0.05) is 0 Å². The molecule has 7 nitrogen and oxygen atoms in total. The summed E-state index contributed by atoms with van der Waals surface area (Å²) in [5.74, 6) is 1.59. The van der Waals surface area contributed by atoms with Gasteiger partial charge in [-0.2, -0.15) is 10.1 Å². The van der Waals surface area contributed by atoms with E-state index in [1.165, 1.54) is 0 Å². The first-order valence-corrected chi connectivity index (χ1v) is 7.05. The minimum absolute atomic E-state index is 0.784. The summed E-state index contributed by atoms with van der Waals surface area (Å²) < 4.78 is 1.88. The highest BCUT2D eigenvalue weighted by Crippen LogP contribution is 2.24. The van der Waals surface area contributed by atoms with E-state index in [9.17, 15) is 0 Å². The molecule has 3 heterocycles. The number of anilines is 1. The standard InChI is InChI=1S/C13H21N7/c1-9-11(10(2)19(3)18-9)12-15-13(17-16-12)20-7-4-5-14-6-8-20/h14H,4-8H2,1-3H3,(H,15,16,17). The maximum atomic E-state index is 4.66. The summed E-state index contributed by atoms with van der Waals surface area (Å²) in [7, 11) is 1.95. The van der Waals surface area contributed by atoms with Crippen molar-refractivity contribution in [3.8, 4) is 11.4 Å². The van der Waals surface area contributed by atoms with Gasteiger partial charge in [0.15, 0.2) is 5.82 Å². The highest BCUT2D eigenvalue weighted by molar-refractivity contribution is 5.62. The summed E-state index contributed by atoms with van der Waals surface area (Å²) in [6.45, 7) is 8.04. The third-order valence-corrected chi connectivity index (χ3v) is 3.84. The molecule has 0 amide bonds. The molecule has 2 aromatic rings. The molecule has 0 spiro atoms. The van der Waals surface area contributed by atoms with Gasteiger partial charge in [-0.25, -0.2) is 0 Å². The van der Waals surface area contributed by atoms with Gasteiger partial charge >= 0.3 is 0 Å². The molecule has 0 aliphatic carbocycles. The van der Waals surface area contributed by atoms with Crippen molar-refractivity contribution in [2.24, 2.45) is 7.05 Å². The van der Waals surface area contributed by atoms with Crippen LogP contribution in [0, 0.1) is 13.8 Å². The molecule has 1 aliphatic rings. The number of nitrogens with one attached hydrogen (secondary N) is 2. The van der Waals surface area contributed by atoms with Crippen LogP contribution in [-0.2, 0) is 7.05 Å². The summed E-state index contributed by atoms with van der Waals surface area (Å²) in [5, 5.41) is 15.2. The van der Waals surface area contributed by atoms with Gasteiger partial charge in [-0.05, 0) is 26.8 Å². The van der Waals surface area contributed by atoms with Crippen LogP contribution in [0.25, 0.3) is 11.4 Å². The van der Waals surface area contributed by atoms with Gasteiger partial charge in [0.05, 0.1) is 11.3 Å². The normalized spacial score (nSPS) is 16.4. The SMILES string of the molecule is Cc1nn(C)c(C)c1-c1nc(N2CCCNCC2)n[nH]1. The molecular formula is C13H21N7. The number of aromatic amines is 1. The van der Waals surface area contributed by atoms with Gasteiger partial charge in [-0.3, -0.25) is 9.78 Å². The van der Waals surface area contributed by atoms with Crippen LogP contribution in [0.3, 0.4) is 0 Å². The minimum atomic E-state index is 0.784. The second-order valence-electron chi connectivity index (χ2n) is 5.24. The molecule has 0 unspecified atom stereocenters. The highest BCUT2D eigenvalue weighted by Gasteiger charge is 2.18. The summed E-state index contributed by atoms with van der Waals surface area (Å²) in [5.41, 5.74) is 3.13. The van der Waals surface area contributed by atoms with Gasteiger partial charge in [0.1, 0.15) is 0 Å². The quantitative estimate of drug-likeness (QED) is 0.840. The van der Waals surface area contributed by atoms with E-state index in [1.807, 2.05) is 25.6 Å². The lowest BCUT2D eigenvalue weighted by Crippen LogP contribution is -2.28. The van der Waals surface area contributed by atoms with E-state index in [1.54, 1.807) is 0 Å². The molecule has 20 heavy (non-hydrogen) atoms. The monoisotopic (exact) mass is 275 g/mol. The molecule has 0 aromatic carbocycles. The van der Waals surface area contributed by atoms with Gasteiger partial charge < -0.3 is 10.2 Å². The zero-order chi connectivity index (χ0) is 14.1. The lowest BCUT2D eigenvalue weighted by molar-refractivity contribution is 0.724. The van der Waals surface area contributed by atoms with E-state index in [2.05, 4.69) is 30.5 Å². The Bertz CT molecular complexity index is 590. The van der Waals surface area contributed by atoms with Gasteiger partial charge in [0.2, 0.25) is 5.95 Å². The van der Waals surface area contributed by atoms with Crippen LogP contribution in [0.5, 0.6) is 0 Å². The Balaban J connectivity index is 1.89. The molecule has 1 aliphatic heterocycles. The number of H-pyrrole nitrogens is 1. The summed E-state index contributed by atoms with van der Waals surface area (Å²) >= 11 is 0. The van der Waals surface area contributed by atoms with Crippen LogP contribution in [0.2, 0.25) is 0 Å². The number of aromatic nitrogens is 5. The molecule has 1 fully saturated rings. The van der Waals surface area contributed by atoms with Crippen molar-refractivity contribution in [1.29, 1.82) is 0 Å². The van der Waals surface area contributed by atoms with E-state index < -0.39 is 0 Å². The maximum Gasteiger partial charge on any atom is 0.245 e. The number of rotatable bonds is 2. The lowest BCUT2D eigenvalue weighted by Gasteiger charge is -2.16. The highest BCUT2D eigenvalue weighted by atomic mass is 15.4. The largest absolute Gasteiger partial charge is 0.338 e. The zero-order valence-electron chi connectivity index (χ0n) is 12.3. The zero-order valence-corrected chi connectivity index (χ0v) is 12.3. The Kier molecular flexibility index (Phi) is 3.43. The minimum Gasteiger partial charge on any atom is -0.338 e. The fraction of sp³-hybridized carbons (Fsp3) is 0.615. The summed E-state index contributed by atoms with van der Waals surface area (Å²) in [6.07, 6.45) is 1.12. The van der Waals surface area contributed by atoms with Crippen molar-refractivity contribution >= 4 is 5.95 Å². The Morgan fingerprint density at radius 3 is 2.75 bits per heavy atom. The molecule has 1 saturated heterocycles. The summed E-state index contributed by atoms with van der Waals surface area (Å²) in [6, 6.07) is 0. The van der Waals surface area contributed by atoms with Crippen LogP contribution in [0.1, 0.15) is 17.8 Å². The van der Waals surface area contributed by atoms with E-state index in [0.717, 1.165) is 61.3 Å². The van der Waals surface area contributed by atoms with Crippen molar-refractivity contribution in [2.45, 2.75) is 20.3 Å². The van der Waals surface area contributed by atoms with E-state index >= 15 is 0 Å². The Morgan fingerprint density at radius 2 is 2.00 bits per heavy atom. The van der Waals surface area contributed by atoms with Crippen molar-refractivity contribution in [3.05, 3.63) is 11.4 Å². The predicted molar refractivity (Wildman–Crippen MR) is 77.8 cm³/mol. The van der Waals surface area contributed by atoms with Crippen LogP contribution >= 0.6 is 0 Å². The Morgan fingerprint density at radius 1 is 1.15 bits per heavy atom. The predicted octanol–water partition coefficient (Wildman–Crippen LogP) is 0.622. The van der Waals surface area contributed by atoms with Gasteiger partial charge in [0.25, 0.3) is 0 Å². The molecule has 3 rings (SSSR count). The average Bonchev–Trinajstić information content (AvgIpc) is 2.85. The first-order chi connectivity index (χ1) is 9.66. The first-order valence-electron chi connectivity index (χ1n) is 7.05. The van der Waals surface area contributed by atoms with Crippen molar-refractivity contribution in [1.82, 2.24) is 30.3 Å². The molecule has 108 valence electrons. The van der Waals surface area contributed by atoms with Crippen LogP contribution in [0.4, 0.5) is 5.95 Å². The molecular weight excluding hydrogens is 254 g/mol. The van der Waals surface area contributed by atoms with E-state index in [-0.39, 0.29) is 0 Å². The first kappa shape index (κ1) is 13.1. The van der Waals surface area contributed by atoms with Gasteiger partial charge in [-0.15, -0.1) is 5.10 Å². The van der Waals surface area contributed by atoms with Crippen molar-refractivity contribution < 1.29 is 0 Å².